The molecule has 3 aliphatic rings. The van der Waals surface area contributed by atoms with E-state index in [1.54, 1.807) is 0 Å². The fraction of sp³-hybridized carbons (Fsp3) is 0.923. The van der Waals surface area contributed by atoms with E-state index in [4.69, 9.17) is 0 Å². The number of piperidine rings is 1. The van der Waals surface area contributed by atoms with Crippen LogP contribution in [0.2, 0.25) is 0 Å². The smallest absolute Gasteiger partial charge is 0.317 e. The first-order chi connectivity index (χ1) is 8.33. The van der Waals surface area contributed by atoms with Crippen LogP contribution in [0.15, 0.2) is 0 Å². The van der Waals surface area contributed by atoms with Crippen LogP contribution in [0.25, 0.3) is 0 Å². The largest absolute Gasteiger partial charge is 0.333 e. The van der Waals surface area contributed by atoms with E-state index in [-0.39, 0.29) is 6.03 Å². The van der Waals surface area contributed by atoms with Gasteiger partial charge in [-0.1, -0.05) is 12.8 Å². The molecule has 0 aromatic carbocycles. The summed E-state index contributed by atoms with van der Waals surface area (Å²) in [6, 6.07) is 1.11. The van der Waals surface area contributed by atoms with Crippen molar-refractivity contribution in [1.82, 2.24) is 15.5 Å². The van der Waals surface area contributed by atoms with E-state index in [1.807, 2.05) is 4.90 Å². The second-order valence-corrected chi connectivity index (χ2v) is 5.80. The van der Waals surface area contributed by atoms with Gasteiger partial charge in [0.05, 0.1) is 6.04 Å². The van der Waals surface area contributed by atoms with Crippen molar-refractivity contribution in [2.75, 3.05) is 19.6 Å². The normalized spacial score (nSPS) is 34.6. The fourth-order valence-electron chi connectivity index (χ4n) is 3.23. The minimum absolute atomic E-state index is 0.161. The van der Waals surface area contributed by atoms with Crippen molar-refractivity contribution >= 4 is 6.03 Å². The number of carbonyl (C=O) groups excluding carboxylic acids is 1. The van der Waals surface area contributed by atoms with Gasteiger partial charge in [-0.05, 0) is 38.1 Å². The molecule has 2 amide bonds. The molecule has 3 fully saturated rings. The standard InChI is InChI=1S/C13H23N3O/c17-13-15-12(10-4-3-5-10)9-16(13)8-11-6-1-2-7-14-11/h10-12,14H,1-9H2,(H,15,17). The van der Waals surface area contributed by atoms with Crippen molar-refractivity contribution in [2.24, 2.45) is 5.92 Å². The molecule has 1 saturated carbocycles. The van der Waals surface area contributed by atoms with Gasteiger partial charge in [-0.2, -0.15) is 0 Å². The SMILES string of the molecule is O=C1NC(C2CCC2)CN1CC1CCCCN1. The highest BCUT2D eigenvalue weighted by Crippen LogP contribution is 2.31. The predicted octanol–water partition coefficient (Wildman–Crippen LogP) is 1.32. The van der Waals surface area contributed by atoms with E-state index in [9.17, 15) is 4.79 Å². The highest BCUT2D eigenvalue weighted by Gasteiger charge is 2.37. The Bertz CT molecular complexity index is 284. The second kappa shape index (κ2) is 4.84. The summed E-state index contributed by atoms with van der Waals surface area (Å²) in [4.78, 5) is 13.9. The highest BCUT2D eigenvalue weighted by molar-refractivity contribution is 5.77. The Morgan fingerprint density at radius 3 is 2.71 bits per heavy atom. The molecule has 2 unspecified atom stereocenters. The van der Waals surface area contributed by atoms with Crippen LogP contribution in [0, 0.1) is 5.92 Å². The summed E-state index contributed by atoms with van der Waals surface area (Å²) in [6.45, 7) is 2.95. The molecule has 4 nitrogen and oxygen atoms in total. The van der Waals surface area contributed by atoms with Crippen LogP contribution in [0.3, 0.4) is 0 Å². The van der Waals surface area contributed by atoms with Gasteiger partial charge < -0.3 is 15.5 Å². The first-order valence-electron chi connectivity index (χ1n) is 7.12. The van der Waals surface area contributed by atoms with Gasteiger partial charge >= 0.3 is 6.03 Å². The van der Waals surface area contributed by atoms with E-state index in [1.165, 1.54) is 38.5 Å². The number of urea groups is 1. The van der Waals surface area contributed by atoms with Crippen LogP contribution < -0.4 is 10.6 Å². The van der Waals surface area contributed by atoms with Gasteiger partial charge in [-0.15, -0.1) is 0 Å². The molecule has 0 radical (unpaired) electrons. The van der Waals surface area contributed by atoms with E-state index in [0.29, 0.717) is 12.1 Å². The zero-order valence-electron chi connectivity index (χ0n) is 10.5. The third-order valence-electron chi connectivity index (χ3n) is 4.59. The van der Waals surface area contributed by atoms with Crippen molar-refractivity contribution in [1.29, 1.82) is 0 Å². The minimum Gasteiger partial charge on any atom is -0.333 e. The van der Waals surface area contributed by atoms with Crippen molar-refractivity contribution in [3.05, 3.63) is 0 Å². The molecule has 1 aliphatic carbocycles. The lowest BCUT2D eigenvalue weighted by Crippen LogP contribution is -2.44. The van der Waals surface area contributed by atoms with Crippen LogP contribution in [-0.2, 0) is 0 Å². The molecule has 0 spiro atoms. The molecule has 0 aromatic heterocycles. The summed E-state index contributed by atoms with van der Waals surface area (Å²) in [5, 5.41) is 6.67. The summed E-state index contributed by atoms with van der Waals surface area (Å²) in [5.41, 5.74) is 0. The van der Waals surface area contributed by atoms with Gasteiger partial charge in [0, 0.05) is 19.1 Å². The van der Waals surface area contributed by atoms with Crippen LogP contribution in [0.1, 0.15) is 38.5 Å². The lowest BCUT2D eigenvalue weighted by atomic mass is 9.80. The number of hydrogen-bond donors (Lipinski definition) is 2. The van der Waals surface area contributed by atoms with Gasteiger partial charge in [-0.25, -0.2) is 4.79 Å². The molecule has 0 aromatic rings. The average Bonchev–Trinajstić information content (AvgIpc) is 2.59. The zero-order chi connectivity index (χ0) is 11.7. The minimum atomic E-state index is 0.161. The molecule has 2 atom stereocenters. The predicted molar refractivity (Wildman–Crippen MR) is 66.9 cm³/mol. The Hall–Kier alpha value is -0.770. The van der Waals surface area contributed by atoms with Crippen molar-refractivity contribution in [2.45, 2.75) is 50.6 Å². The maximum atomic E-state index is 11.9. The third-order valence-corrected chi connectivity index (χ3v) is 4.59. The van der Waals surface area contributed by atoms with Gasteiger partial charge in [-0.3, -0.25) is 0 Å². The van der Waals surface area contributed by atoms with Gasteiger partial charge in [0.25, 0.3) is 0 Å². The Morgan fingerprint density at radius 1 is 1.18 bits per heavy atom. The van der Waals surface area contributed by atoms with Crippen LogP contribution in [0.5, 0.6) is 0 Å². The lowest BCUT2D eigenvalue weighted by Gasteiger charge is -2.31. The number of rotatable bonds is 3. The number of hydrogen-bond acceptors (Lipinski definition) is 2. The third kappa shape index (κ3) is 2.41. The molecule has 2 saturated heterocycles. The topological polar surface area (TPSA) is 44.4 Å². The Morgan fingerprint density at radius 2 is 2.06 bits per heavy atom. The first-order valence-corrected chi connectivity index (χ1v) is 7.12. The Balaban J connectivity index is 1.51. The molecule has 2 N–H and O–H groups in total. The first kappa shape index (κ1) is 11.3. The Kier molecular flexibility index (Phi) is 3.23. The van der Waals surface area contributed by atoms with E-state index in [2.05, 4.69) is 10.6 Å². The molecule has 2 heterocycles. The number of amides is 2. The summed E-state index contributed by atoms with van der Waals surface area (Å²) < 4.78 is 0. The fourth-order valence-corrected chi connectivity index (χ4v) is 3.23. The molecular formula is C13H23N3O. The maximum Gasteiger partial charge on any atom is 0.317 e. The van der Waals surface area contributed by atoms with Gasteiger partial charge in [0.2, 0.25) is 0 Å². The van der Waals surface area contributed by atoms with E-state index in [0.717, 1.165) is 25.6 Å². The molecule has 0 bridgehead atoms. The highest BCUT2D eigenvalue weighted by atomic mass is 16.2. The summed E-state index contributed by atoms with van der Waals surface area (Å²) in [6.07, 6.45) is 7.77. The monoisotopic (exact) mass is 237 g/mol. The maximum absolute atomic E-state index is 11.9. The van der Waals surface area contributed by atoms with Crippen molar-refractivity contribution < 1.29 is 4.79 Å². The van der Waals surface area contributed by atoms with Gasteiger partial charge in [0.15, 0.2) is 0 Å². The number of nitrogens with one attached hydrogen (secondary N) is 2. The number of nitrogens with zero attached hydrogens (tertiary/aromatic N) is 1. The van der Waals surface area contributed by atoms with Crippen molar-refractivity contribution in [3.63, 3.8) is 0 Å². The molecule has 3 rings (SSSR count). The molecule has 2 aliphatic heterocycles. The van der Waals surface area contributed by atoms with Gasteiger partial charge in [0.1, 0.15) is 0 Å². The summed E-state index contributed by atoms with van der Waals surface area (Å²) >= 11 is 0. The molecule has 96 valence electrons. The second-order valence-electron chi connectivity index (χ2n) is 5.80. The zero-order valence-corrected chi connectivity index (χ0v) is 10.5. The van der Waals surface area contributed by atoms with Crippen LogP contribution >= 0.6 is 0 Å². The summed E-state index contributed by atoms with van der Waals surface area (Å²) in [5.74, 6) is 0.753. The Labute approximate surface area is 103 Å². The van der Waals surface area contributed by atoms with E-state index < -0.39 is 0 Å². The average molecular weight is 237 g/mol. The molecule has 17 heavy (non-hydrogen) atoms. The van der Waals surface area contributed by atoms with Crippen LogP contribution in [-0.4, -0.2) is 42.6 Å². The van der Waals surface area contributed by atoms with Crippen molar-refractivity contribution in [3.8, 4) is 0 Å². The van der Waals surface area contributed by atoms with Crippen LogP contribution in [0.4, 0.5) is 4.79 Å². The lowest BCUT2D eigenvalue weighted by molar-refractivity contribution is 0.205. The quantitative estimate of drug-likeness (QED) is 0.777. The number of carbonyl (C=O) groups is 1. The molecular weight excluding hydrogens is 214 g/mol. The van der Waals surface area contributed by atoms with E-state index >= 15 is 0 Å². The molecule has 4 heteroatoms. The summed E-state index contributed by atoms with van der Waals surface area (Å²) in [7, 11) is 0.